The van der Waals surface area contributed by atoms with Gasteiger partial charge in [-0.3, -0.25) is 9.59 Å². The zero-order valence-corrected chi connectivity index (χ0v) is 15.7. The number of thiazole rings is 1. The molecule has 0 fully saturated rings. The first-order valence-corrected chi connectivity index (χ1v) is 9.02. The first kappa shape index (κ1) is 17.4. The summed E-state index contributed by atoms with van der Waals surface area (Å²) < 4.78 is 1.69. The molecule has 3 aromatic rings. The highest BCUT2D eigenvalue weighted by molar-refractivity contribution is 7.15. The van der Waals surface area contributed by atoms with E-state index in [4.69, 9.17) is 0 Å². The molecule has 0 unspecified atom stereocenters. The molecule has 0 radical (unpaired) electrons. The van der Waals surface area contributed by atoms with Crippen molar-refractivity contribution in [3.05, 3.63) is 56.3 Å². The van der Waals surface area contributed by atoms with E-state index in [1.54, 1.807) is 10.6 Å². The Bertz CT molecular complexity index is 998. The topological polar surface area (TPSA) is 64.0 Å². The molecule has 2 aromatic heterocycles. The summed E-state index contributed by atoms with van der Waals surface area (Å²) in [5, 5.41) is 4.48. The minimum Gasteiger partial charge on any atom is -0.307 e. The molecule has 0 atom stereocenters. The second kappa shape index (κ2) is 6.80. The number of fused-ring (bicyclic) bond motifs is 1. The zero-order valence-electron chi connectivity index (χ0n) is 14.8. The molecule has 25 heavy (non-hydrogen) atoms. The number of anilines is 1. The molecule has 130 valence electrons. The fourth-order valence-corrected chi connectivity index (χ4v) is 3.76. The van der Waals surface area contributed by atoms with E-state index in [2.05, 4.69) is 10.3 Å². The molecule has 2 heterocycles. The van der Waals surface area contributed by atoms with Crippen LogP contribution in [0.3, 0.4) is 0 Å². The zero-order chi connectivity index (χ0) is 18.1. The second-order valence-electron chi connectivity index (χ2n) is 6.25. The van der Waals surface area contributed by atoms with Crippen molar-refractivity contribution in [1.29, 1.82) is 0 Å². The van der Waals surface area contributed by atoms with Gasteiger partial charge in [-0.15, -0.1) is 11.3 Å². The summed E-state index contributed by atoms with van der Waals surface area (Å²) in [6, 6.07) is 7.61. The van der Waals surface area contributed by atoms with Gasteiger partial charge in [0, 0.05) is 29.3 Å². The number of amides is 1. The van der Waals surface area contributed by atoms with Crippen LogP contribution in [-0.4, -0.2) is 15.5 Å². The summed E-state index contributed by atoms with van der Waals surface area (Å²) >= 11 is 1.46. The van der Waals surface area contributed by atoms with Crippen molar-refractivity contribution in [3.8, 4) is 0 Å². The lowest BCUT2D eigenvalue weighted by Gasteiger charge is -2.14. The SMILES string of the molecule is Cc1nc(NC(=O)CCn2c(=O)cc(C)c3cccc(C)c32)sc1C. The Morgan fingerprint density at radius 3 is 2.64 bits per heavy atom. The summed E-state index contributed by atoms with van der Waals surface area (Å²) in [5.74, 6) is -0.136. The molecular weight excluding hydrogens is 334 g/mol. The molecule has 0 aliphatic rings. The first-order valence-electron chi connectivity index (χ1n) is 8.20. The van der Waals surface area contributed by atoms with Gasteiger partial charge in [0.05, 0.1) is 11.2 Å². The molecule has 5 nitrogen and oxygen atoms in total. The summed E-state index contributed by atoms with van der Waals surface area (Å²) in [6.07, 6.45) is 0.226. The summed E-state index contributed by atoms with van der Waals surface area (Å²) in [6.45, 7) is 8.16. The summed E-state index contributed by atoms with van der Waals surface area (Å²) in [5.41, 5.74) is 3.74. The van der Waals surface area contributed by atoms with Crippen LogP contribution >= 0.6 is 11.3 Å². The average molecular weight is 355 g/mol. The molecule has 0 aliphatic carbocycles. The third-order valence-electron chi connectivity index (χ3n) is 4.38. The van der Waals surface area contributed by atoms with Gasteiger partial charge in [-0.05, 0) is 38.8 Å². The highest BCUT2D eigenvalue weighted by atomic mass is 32.1. The molecule has 1 N–H and O–H groups in total. The Labute approximate surface area is 150 Å². The standard InChI is InChI=1S/C19H21N3O2S/c1-11-6-5-7-15-12(2)10-17(24)22(18(11)15)9-8-16(23)21-19-20-13(3)14(4)25-19/h5-7,10H,8-9H2,1-4H3,(H,20,21,23). The number of aryl methyl sites for hydroxylation is 5. The van der Waals surface area contributed by atoms with Crippen LogP contribution in [0.25, 0.3) is 10.9 Å². The lowest BCUT2D eigenvalue weighted by molar-refractivity contribution is -0.116. The second-order valence-corrected chi connectivity index (χ2v) is 7.45. The summed E-state index contributed by atoms with van der Waals surface area (Å²) in [4.78, 5) is 30.1. The highest BCUT2D eigenvalue weighted by Crippen LogP contribution is 2.22. The number of aromatic nitrogens is 2. The van der Waals surface area contributed by atoms with E-state index in [0.29, 0.717) is 11.7 Å². The van der Waals surface area contributed by atoms with Crippen LogP contribution in [0, 0.1) is 27.7 Å². The van der Waals surface area contributed by atoms with E-state index < -0.39 is 0 Å². The van der Waals surface area contributed by atoms with Crippen molar-refractivity contribution in [2.45, 2.75) is 40.7 Å². The number of carbonyl (C=O) groups is 1. The number of benzene rings is 1. The van der Waals surface area contributed by atoms with E-state index in [1.807, 2.05) is 45.9 Å². The predicted octanol–water partition coefficient (Wildman–Crippen LogP) is 3.72. The number of para-hydroxylation sites is 1. The van der Waals surface area contributed by atoms with Crippen LogP contribution < -0.4 is 10.9 Å². The number of rotatable bonds is 4. The highest BCUT2D eigenvalue weighted by Gasteiger charge is 2.12. The quantitative estimate of drug-likeness (QED) is 0.776. The number of nitrogens with zero attached hydrogens (tertiary/aromatic N) is 2. The van der Waals surface area contributed by atoms with Crippen LogP contribution in [0.2, 0.25) is 0 Å². The van der Waals surface area contributed by atoms with Gasteiger partial charge >= 0.3 is 0 Å². The third-order valence-corrected chi connectivity index (χ3v) is 5.36. The first-order chi connectivity index (χ1) is 11.9. The van der Waals surface area contributed by atoms with Crippen molar-refractivity contribution < 1.29 is 4.79 Å². The van der Waals surface area contributed by atoms with Crippen LogP contribution in [0.15, 0.2) is 29.1 Å². The van der Waals surface area contributed by atoms with Gasteiger partial charge in [0.25, 0.3) is 5.56 Å². The Hall–Kier alpha value is -2.47. The molecular formula is C19H21N3O2S. The average Bonchev–Trinajstić information content (AvgIpc) is 2.85. The number of pyridine rings is 1. The number of carbonyl (C=O) groups excluding carboxylic acids is 1. The van der Waals surface area contributed by atoms with Crippen molar-refractivity contribution in [2.24, 2.45) is 0 Å². The largest absolute Gasteiger partial charge is 0.307 e. The molecule has 1 aromatic carbocycles. The van der Waals surface area contributed by atoms with Crippen molar-refractivity contribution in [3.63, 3.8) is 0 Å². The number of hydrogen-bond donors (Lipinski definition) is 1. The van der Waals surface area contributed by atoms with Crippen LogP contribution in [-0.2, 0) is 11.3 Å². The van der Waals surface area contributed by atoms with Crippen molar-refractivity contribution in [2.75, 3.05) is 5.32 Å². The van der Waals surface area contributed by atoms with Gasteiger partial charge in [0.15, 0.2) is 5.13 Å². The Balaban J connectivity index is 1.83. The lowest BCUT2D eigenvalue weighted by atomic mass is 10.1. The lowest BCUT2D eigenvalue weighted by Crippen LogP contribution is -2.24. The predicted molar refractivity (Wildman–Crippen MR) is 103 cm³/mol. The summed E-state index contributed by atoms with van der Waals surface area (Å²) in [7, 11) is 0. The van der Waals surface area contributed by atoms with E-state index >= 15 is 0 Å². The van der Waals surface area contributed by atoms with Crippen molar-refractivity contribution >= 4 is 33.3 Å². The fourth-order valence-electron chi connectivity index (χ4n) is 2.93. The smallest absolute Gasteiger partial charge is 0.251 e. The minimum absolute atomic E-state index is 0.0759. The van der Waals surface area contributed by atoms with Crippen LogP contribution in [0.5, 0.6) is 0 Å². The maximum atomic E-state index is 12.4. The Morgan fingerprint density at radius 1 is 1.20 bits per heavy atom. The third kappa shape index (κ3) is 3.49. The Morgan fingerprint density at radius 2 is 1.96 bits per heavy atom. The van der Waals surface area contributed by atoms with Gasteiger partial charge in [-0.25, -0.2) is 4.98 Å². The maximum Gasteiger partial charge on any atom is 0.251 e. The van der Waals surface area contributed by atoms with Crippen LogP contribution in [0.1, 0.15) is 28.1 Å². The van der Waals surface area contributed by atoms with Gasteiger partial charge < -0.3 is 9.88 Å². The molecule has 0 saturated carbocycles. The minimum atomic E-state index is -0.136. The molecule has 0 aliphatic heterocycles. The molecule has 6 heteroatoms. The van der Waals surface area contributed by atoms with Gasteiger partial charge in [0.2, 0.25) is 5.91 Å². The van der Waals surface area contributed by atoms with Crippen LogP contribution in [0.4, 0.5) is 5.13 Å². The monoisotopic (exact) mass is 355 g/mol. The maximum absolute atomic E-state index is 12.4. The van der Waals surface area contributed by atoms with Gasteiger partial charge in [-0.2, -0.15) is 0 Å². The molecule has 0 spiro atoms. The van der Waals surface area contributed by atoms with Crippen molar-refractivity contribution in [1.82, 2.24) is 9.55 Å². The molecule has 3 rings (SSSR count). The van der Waals surface area contributed by atoms with E-state index in [-0.39, 0.29) is 17.9 Å². The molecule has 0 bridgehead atoms. The van der Waals surface area contributed by atoms with E-state index in [0.717, 1.165) is 32.6 Å². The normalized spacial score (nSPS) is 11.0. The van der Waals surface area contributed by atoms with E-state index in [9.17, 15) is 9.59 Å². The van der Waals surface area contributed by atoms with Gasteiger partial charge in [-0.1, -0.05) is 18.2 Å². The Kier molecular flexibility index (Phi) is 4.72. The molecule has 1 amide bonds. The number of nitrogens with one attached hydrogen (secondary N) is 1. The van der Waals surface area contributed by atoms with Gasteiger partial charge in [0.1, 0.15) is 0 Å². The molecule has 0 saturated heterocycles. The fraction of sp³-hybridized carbons (Fsp3) is 0.316. The van der Waals surface area contributed by atoms with E-state index in [1.165, 1.54) is 11.3 Å². The number of hydrogen-bond acceptors (Lipinski definition) is 4.